The Labute approximate surface area is 114 Å². The molecule has 0 atom stereocenters. The average Bonchev–Trinajstić information content (AvgIpc) is 2.32. The monoisotopic (exact) mass is 311 g/mol. The predicted octanol–water partition coefficient (Wildman–Crippen LogP) is 3.09. The van der Waals surface area contributed by atoms with Crippen LogP contribution in [0.4, 0.5) is 5.69 Å². The molecule has 0 unspecified atom stereocenters. The van der Waals surface area contributed by atoms with Crippen LogP contribution >= 0.6 is 15.9 Å². The van der Waals surface area contributed by atoms with Crippen molar-refractivity contribution in [3.63, 3.8) is 0 Å². The Morgan fingerprint density at radius 1 is 1.56 bits per heavy atom. The highest BCUT2D eigenvalue weighted by Gasteiger charge is 2.11. The third kappa shape index (κ3) is 4.09. The van der Waals surface area contributed by atoms with Gasteiger partial charge in [0.1, 0.15) is 0 Å². The summed E-state index contributed by atoms with van der Waals surface area (Å²) in [5, 5.41) is 19.4. The molecule has 1 rings (SSSR count). The lowest BCUT2D eigenvalue weighted by molar-refractivity contribution is -0.384. The normalized spacial score (nSPS) is 10.3. The molecule has 0 aliphatic rings. The maximum absolute atomic E-state index is 10.6. The molecule has 0 aliphatic carbocycles. The molecule has 0 N–H and O–H groups in total. The highest BCUT2D eigenvalue weighted by atomic mass is 79.9. The highest BCUT2D eigenvalue weighted by Crippen LogP contribution is 2.24. The first-order chi connectivity index (χ1) is 8.58. The van der Waals surface area contributed by atoms with Crippen molar-refractivity contribution < 1.29 is 4.92 Å². The van der Waals surface area contributed by atoms with Gasteiger partial charge in [-0.2, -0.15) is 5.26 Å². The standard InChI is InChI=1S/C12H14BrN3O2/c1-2-6-15(7-5-14)9-10-3-4-11(16(17)18)8-12(10)13/h3-4,8H,2,6-7,9H2,1H3. The molecule has 0 radical (unpaired) electrons. The van der Waals surface area contributed by atoms with Gasteiger partial charge in [0, 0.05) is 23.2 Å². The van der Waals surface area contributed by atoms with Gasteiger partial charge in [-0.05, 0) is 24.6 Å². The van der Waals surface area contributed by atoms with E-state index in [1.807, 2.05) is 4.90 Å². The van der Waals surface area contributed by atoms with Gasteiger partial charge in [0.2, 0.25) is 0 Å². The Balaban J connectivity index is 2.83. The quantitative estimate of drug-likeness (QED) is 0.460. The number of nitriles is 1. The topological polar surface area (TPSA) is 70.2 Å². The number of hydrogen-bond acceptors (Lipinski definition) is 4. The molecule has 6 heteroatoms. The molecule has 0 spiro atoms. The van der Waals surface area contributed by atoms with Crippen LogP contribution in [0.5, 0.6) is 0 Å². The number of benzene rings is 1. The van der Waals surface area contributed by atoms with E-state index < -0.39 is 4.92 Å². The molecule has 0 aliphatic heterocycles. The van der Waals surface area contributed by atoms with E-state index in [9.17, 15) is 10.1 Å². The predicted molar refractivity (Wildman–Crippen MR) is 72.0 cm³/mol. The second kappa shape index (κ2) is 7.09. The van der Waals surface area contributed by atoms with Crippen LogP contribution in [0.15, 0.2) is 22.7 Å². The largest absolute Gasteiger partial charge is 0.286 e. The van der Waals surface area contributed by atoms with Crippen molar-refractivity contribution in [2.45, 2.75) is 19.9 Å². The fourth-order valence-corrected chi connectivity index (χ4v) is 2.14. The Kier molecular flexibility index (Phi) is 5.75. The van der Waals surface area contributed by atoms with Crippen molar-refractivity contribution in [1.82, 2.24) is 4.90 Å². The van der Waals surface area contributed by atoms with Crippen LogP contribution < -0.4 is 0 Å². The van der Waals surface area contributed by atoms with Crippen LogP contribution in [0, 0.1) is 21.4 Å². The van der Waals surface area contributed by atoms with Gasteiger partial charge in [0.25, 0.3) is 5.69 Å². The molecule has 0 fully saturated rings. The number of halogens is 1. The highest BCUT2D eigenvalue weighted by molar-refractivity contribution is 9.10. The first-order valence-electron chi connectivity index (χ1n) is 5.60. The fraction of sp³-hybridized carbons (Fsp3) is 0.417. The summed E-state index contributed by atoms with van der Waals surface area (Å²) in [6.07, 6.45) is 0.965. The van der Waals surface area contributed by atoms with E-state index in [4.69, 9.17) is 5.26 Å². The van der Waals surface area contributed by atoms with Crippen molar-refractivity contribution in [3.05, 3.63) is 38.3 Å². The summed E-state index contributed by atoms with van der Waals surface area (Å²) < 4.78 is 0.704. The van der Waals surface area contributed by atoms with E-state index in [-0.39, 0.29) is 5.69 Å². The van der Waals surface area contributed by atoms with Crippen LogP contribution in [-0.2, 0) is 6.54 Å². The second-order valence-corrected chi connectivity index (χ2v) is 4.76. The SMILES string of the molecule is CCCN(CC#N)Cc1ccc([N+](=O)[O-])cc1Br. The van der Waals surface area contributed by atoms with Gasteiger partial charge in [-0.3, -0.25) is 15.0 Å². The van der Waals surface area contributed by atoms with E-state index in [0.29, 0.717) is 17.6 Å². The summed E-state index contributed by atoms with van der Waals surface area (Å²) >= 11 is 3.33. The van der Waals surface area contributed by atoms with E-state index >= 15 is 0 Å². The van der Waals surface area contributed by atoms with E-state index in [0.717, 1.165) is 18.5 Å². The summed E-state index contributed by atoms with van der Waals surface area (Å²) in [6, 6.07) is 6.82. The number of nitrogens with zero attached hydrogens (tertiary/aromatic N) is 3. The van der Waals surface area contributed by atoms with Gasteiger partial charge in [0.15, 0.2) is 0 Å². The third-order valence-corrected chi connectivity index (χ3v) is 3.21. The zero-order chi connectivity index (χ0) is 13.5. The molecule has 0 aromatic heterocycles. The molecule has 1 aromatic carbocycles. The number of non-ortho nitro benzene ring substituents is 1. The van der Waals surface area contributed by atoms with Crippen molar-refractivity contribution in [2.24, 2.45) is 0 Å². The molecular formula is C12H14BrN3O2. The van der Waals surface area contributed by atoms with Gasteiger partial charge < -0.3 is 0 Å². The van der Waals surface area contributed by atoms with Crippen molar-refractivity contribution in [1.29, 1.82) is 5.26 Å². The molecule has 5 nitrogen and oxygen atoms in total. The van der Waals surface area contributed by atoms with Crippen LogP contribution in [0.3, 0.4) is 0 Å². The number of nitro benzene ring substituents is 1. The lowest BCUT2D eigenvalue weighted by Gasteiger charge is -2.18. The number of rotatable bonds is 6. The molecule has 96 valence electrons. The molecule has 0 heterocycles. The van der Waals surface area contributed by atoms with Crippen molar-refractivity contribution in [3.8, 4) is 6.07 Å². The van der Waals surface area contributed by atoms with Gasteiger partial charge >= 0.3 is 0 Å². The molecular weight excluding hydrogens is 298 g/mol. The fourth-order valence-electron chi connectivity index (χ4n) is 1.65. The Bertz CT molecular complexity index is 471. The minimum absolute atomic E-state index is 0.0629. The van der Waals surface area contributed by atoms with Crippen LogP contribution in [0.1, 0.15) is 18.9 Å². The third-order valence-electron chi connectivity index (χ3n) is 2.48. The zero-order valence-electron chi connectivity index (χ0n) is 10.1. The van der Waals surface area contributed by atoms with Crippen LogP contribution in [0.25, 0.3) is 0 Å². The average molecular weight is 312 g/mol. The molecule has 0 saturated carbocycles. The first-order valence-corrected chi connectivity index (χ1v) is 6.40. The maximum Gasteiger partial charge on any atom is 0.270 e. The lowest BCUT2D eigenvalue weighted by atomic mass is 10.2. The molecule has 0 amide bonds. The van der Waals surface area contributed by atoms with Gasteiger partial charge in [-0.1, -0.05) is 22.9 Å². The van der Waals surface area contributed by atoms with Crippen LogP contribution in [0.2, 0.25) is 0 Å². The second-order valence-electron chi connectivity index (χ2n) is 3.90. The number of hydrogen-bond donors (Lipinski definition) is 0. The minimum atomic E-state index is -0.423. The van der Waals surface area contributed by atoms with Crippen molar-refractivity contribution in [2.75, 3.05) is 13.1 Å². The molecule has 1 aromatic rings. The van der Waals surface area contributed by atoms with Gasteiger partial charge in [-0.15, -0.1) is 0 Å². The van der Waals surface area contributed by atoms with E-state index in [1.165, 1.54) is 12.1 Å². The Morgan fingerprint density at radius 3 is 2.78 bits per heavy atom. The van der Waals surface area contributed by atoms with Crippen LogP contribution in [-0.4, -0.2) is 22.9 Å². The maximum atomic E-state index is 10.6. The Hall–Kier alpha value is -1.45. The van der Waals surface area contributed by atoms with E-state index in [1.54, 1.807) is 6.07 Å². The zero-order valence-corrected chi connectivity index (χ0v) is 11.7. The van der Waals surface area contributed by atoms with Crippen molar-refractivity contribution >= 4 is 21.6 Å². The summed E-state index contributed by atoms with van der Waals surface area (Å²) in [6.45, 7) is 3.85. The summed E-state index contributed by atoms with van der Waals surface area (Å²) in [5.41, 5.74) is 1.01. The first kappa shape index (κ1) is 14.6. The van der Waals surface area contributed by atoms with Gasteiger partial charge in [0.05, 0.1) is 17.5 Å². The smallest absolute Gasteiger partial charge is 0.270 e. The summed E-state index contributed by atoms with van der Waals surface area (Å²) in [7, 11) is 0. The number of nitro groups is 1. The van der Waals surface area contributed by atoms with Gasteiger partial charge in [-0.25, -0.2) is 0 Å². The Morgan fingerprint density at radius 2 is 2.28 bits per heavy atom. The molecule has 0 bridgehead atoms. The van der Waals surface area contributed by atoms with E-state index in [2.05, 4.69) is 28.9 Å². The molecule has 18 heavy (non-hydrogen) atoms. The summed E-state index contributed by atoms with van der Waals surface area (Å²) in [4.78, 5) is 12.2. The minimum Gasteiger partial charge on any atom is -0.286 e. The molecule has 0 saturated heterocycles. The lowest BCUT2D eigenvalue weighted by Crippen LogP contribution is -2.24. The summed E-state index contributed by atoms with van der Waals surface area (Å²) in [5.74, 6) is 0.